The molecule has 4 aromatic carbocycles. The monoisotopic (exact) mass is 343 g/mol. The van der Waals surface area contributed by atoms with Crippen LogP contribution in [0.2, 0.25) is 0 Å². The van der Waals surface area contributed by atoms with E-state index in [0.717, 1.165) is 10.8 Å². The summed E-state index contributed by atoms with van der Waals surface area (Å²) in [6.45, 7) is 0. The van der Waals surface area contributed by atoms with Crippen LogP contribution in [-0.4, -0.2) is 5.91 Å². The number of benzene rings is 4. The Kier molecular flexibility index (Phi) is 4.79. The lowest BCUT2D eigenvalue weighted by molar-refractivity contribution is 0.100. The van der Waals surface area contributed by atoms with E-state index in [0.29, 0.717) is 5.56 Å². The van der Waals surface area contributed by atoms with Crippen molar-refractivity contribution in [3.8, 4) is 0 Å². The molecule has 116 valence electrons. The maximum absolute atomic E-state index is 11.3. The molecule has 0 saturated heterocycles. The second kappa shape index (κ2) is 6.45. The number of halogens is 2. The Labute approximate surface area is 146 Å². The third kappa shape index (κ3) is 2.96. The van der Waals surface area contributed by atoms with Crippen molar-refractivity contribution in [1.82, 2.24) is 0 Å². The predicted octanol–water partition coefficient (Wildman–Crippen LogP) is 5.09. The zero-order valence-corrected chi connectivity index (χ0v) is 13.8. The predicted molar refractivity (Wildman–Crippen MR) is 102 cm³/mol. The van der Waals surface area contributed by atoms with Crippen molar-refractivity contribution >= 4 is 63.0 Å². The van der Waals surface area contributed by atoms with Gasteiger partial charge in [0, 0.05) is 5.56 Å². The van der Waals surface area contributed by atoms with E-state index in [2.05, 4.69) is 36.4 Å². The lowest BCUT2D eigenvalue weighted by atomic mass is 9.98. The van der Waals surface area contributed by atoms with Gasteiger partial charge >= 0.3 is 0 Å². The van der Waals surface area contributed by atoms with Crippen LogP contribution in [0.25, 0.3) is 32.3 Å². The number of hydrogen-bond donors (Lipinski definition) is 1. The van der Waals surface area contributed by atoms with E-state index in [9.17, 15) is 4.79 Å². The fourth-order valence-corrected chi connectivity index (χ4v) is 2.85. The Balaban J connectivity index is 0.000000960. The Hall–Kier alpha value is -2.29. The average molecular weight is 344 g/mol. The molecule has 0 aliphatic heterocycles. The zero-order valence-electron chi connectivity index (χ0n) is 12.2. The molecule has 0 aliphatic rings. The fraction of sp³-hybridized carbons (Fsp3) is 0. The molecule has 0 heterocycles. The van der Waals surface area contributed by atoms with E-state index >= 15 is 0 Å². The van der Waals surface area contributed by atoms with Crippen LogP contribution < -0.4 is 5.73 Å². The van der Waals surface area contributed by atoms with Gasteiger partial charge in [0.05, 0.1) is 0 Å². The SMILES string of the molecule is Cl.Cl.NC(=O)c1ccc2cc3cc4ccccc4cc3cc2c1. The molecular weight excluding hydrogens is 329 g/mol. The van der Waals surface area contributed by atoms with Gasteiger partial charge in [-0.2, -0.15) is 0 Å². The fourth-order valence-electron chi connectivity index (χ4n) is 2.85. The van der Waals surface area contributed by atoms with Gasteiger partial charge in [-0.25, -0.2) is 0 Å². The van der Waals surface area contributed by atoms with Crippen molar-refractivity contribution < 1.29 is 4.79 Å². The van der Waals surface area contributed by atoms with Crippen molar-refractivity contribution in [2.24, 2.45) is 5.73 Å². The number of amides is 1. The van der Waals surface area contributed by atoms with Gasteiger partial charge < -0.3 is 5.73 Å². The Morgan fingerprint density at radius 2 is 1.04 bits per heavy atom. The Bertz CT molecular complexity index is 1030. The lowest BCUT2D eigenvalue weighted by Gasteiger charge is -2.06. The molecule has 2 nitrogen and oxygen atoms in total. The van der Waals surface area contributed by atoms with Crippen LogP contribution >= 0.6 is 24.8 Å². The van der Waals surface area contributed by atoms with Gasteiger partial charge in [-0.3, -0.25) is 4.79 Å². The summed E-state index contributed by atoms with van der Waals surface area (Å²) in [6, 6.07) is 22.6. The summed E-state index contributed by atoms with van der Waals surface area (Å²) < 4.78 is 0. The first-order valence-electron chi connectivity index (χ1n) is 6.87. The summed E-state index contributed by atoms with van der Waals surface area (Å²) >= 11 is 0. The van der Waals surface area contributed by atoms with Crippen LogP contribution in [0.3, 0.4) is 0 Å². The first kappa shape index (κ1) is 17.1. The number of fused-ring (bicyclic) bond motifs is 3. The quantitative estimate of drug-likeness (QED) is 0.480. The topological polar surface area (TPSA) is 43.1 Å². The van der Waals surface area contributed by atoms with Crippen LogP contribution in [0.15, 0.2) is 66.7 Å². The molecule has 0 saturated carbocycles. The van der Waals surface area contributed by atoms with Gasteiger partial charge in [-0.15, -0.1) is 24.8 Å². The number of hydrogen-bond acceptors (Lipinski definition) is 1. The molecule has 0 unspecified atom stereocenters. The molecule has 4 heteroatoms. The van der Waals surface area contributed by atoms with Gasteiger partial charge in [0.25, 0.3) is 0 Å². The second-order valence-corrected chi connectivity index (χ2v) is 5.32. The van der Waals surface area contributed by atoms with Crippen LogP contribution in [0, 0.1) is 0 Å². The number of carbonyl (C=O) groups excluding carboxylic acids is 1. The highest BCUT2D eigenvalue weighted by atomic mass is 35.5. The average Bonchev–Trinajstić information content (AvgIpc) is 2.50. The normalized spacial score (nSPS) is 10.3. The van der Waals surface area contributed by atoms with E-state index in [-0.39, 0.29) is 24.8 Å². The van der Waals surface area contributed by atoms with Gasteiger partial charge in [0.2, 0.25) is 5.91 Å². The first-order valence-corrected chi connectivity index (χ1v) is 6.87. The minimum absolute atomic E-state index is 0. The maximum Gasteiger partial charge on any atom is 0.248 e. The highest BCUT2D eigenvalue weighted by Crippen LogP contribution is 2.27. The molecule has 4 rings (SSSR count). The molecular formula is C19H15Cl2NO. The molecule has 0 aromatic heterocycles. The van der Waals surface area contributed by atoms with Crippen molar-refractivity contribution in [2.75, 3.05) is 0 Å². The van der Waals surface area contributed by atoms with E-state index in [1.54, 1.807) is 6.07 Å². The Morgan fingerprint density at radius 1 is 0.609 bits per heavy atom. The first-order chi connectivity index (χ1) is 10.2. The van der Waals surface area contributed by atoms with Crippen LogP contribution in [0.1, 0.15) is 10.4 Å². The second-order valence-electron chi connectivity index (χ2n) is 5.32. The van der Waals surface area contributed by atoms with Crippen molar-refractivity contribution in [3.63, 3.8) is 0 Å². The molecule has 0 radical (unpaired) electrons. The number of carbonyl (C=O) groups is 1. The number of nitrogens with two attached hydrogens (primary N) is 1. The molecule has 0 aliphatic carbocycles. The largest absolute Gasteiger partial charge is 0.366 e. The summed E-state index contributed by atoms with van der Waals surface area (Å²) in [5.41, 5.74) is 5.90. The minimum atomic E-state index is -0.393. The highest BCUT2D eigenvalue weighted by Gasteiger charge is 2.04. The lowest BCUT2D eigenvalue weighted by Crippen LogP contribution is -2.10. The molecule has 4 aromatic rings. The standard InChI is InChI=1S/C19H13NO.2ClH/c20-19(21)15-6-5-14-9-17-7-12-3-1-2-4-13(12)8-18(17)11-16(14)10-15;;/h1-11H,(H2,20,21);2*1H. The zero-order chi connectivity index (χ0) is 14.4. The smallest absolute Gasteiger partial charge is 0.248 e. The molecule has 0 fully saturated rings. The third-order valence-corrected chi connectivity index (χ3v) is 3.94. The van der Waals surface area contributed by atoms with Gasteiger partial charge in [-0.05, 0) is 68.7 Å². The Morgan fingerprint density at radius 3 is 1.57 bits per heavy atom. The van der Waals surface area contributed by atoms with E-state index in [1.807, 2.05) is 24.3 Å². The van der Waals surface area contributed by atoms with Crippen LogP contribution in [0.4, 0.5) is 0 Å². The molecule has 0 atom stereocenters. The van der Waals surface area contributed by atoms with Crippen molar-refractivity contribution in [3.05, 3.63) is 72.3 Å². The molecule has 0 bridgehead atoms. The summed E-state index contributed by atoms with van der Waals surface area (Å²) in [5.74, 6) is -0.393. The number of primary amides is 1. The molecule has 0 spiro atoms. The van der Waals surface area contributed by atoms with E-state index in [4.69, 9.17) is 5.73 Å². The van der Waals surface area contributed by atoms with Crippen molar-refractivity contribution in [1.29, 1.82) is 0 Å². The molecule has 2 N–H and O–H groups in total. The van der Waals surface area contributed by atoms with E-state index < -0.39 is 5.91 Å². The molecule has 1 amide bonds. The van der Waals surface area contributed by atoms with Gasteiger partial charge in [0.15, 0.2) is 0 Å². The van der Waals surface area contributed by atoms with Crippen LogP contribution in [-0.2, 0) is 0 Å². The molecule has 23 heavy (non-hydrogen) atoms. The maximum atomic E-state index is 11.3. The summed E-state index contributed by atoms with van der Waals surface area (Å²) in [6.07, 6.45) is 0. The third-order valence-electron chi connectivity index (χ3n) is 3.94. The number of rotatable bonds is 1. The van der Waals surface area contributed by atoms with Gasteiger partial charge in [0.1, 0.15) is 0 Å². The van der Waals surface area contributed by atoms with Crippen LogP contribution in [0.5, 0.6) is 0 Å². The highest BCUT2D eigenvalue weighted by molar-refractivity contribution is 6.06. The minimum Gasteiger partial charge on any atom is -0.366 e. The van der Waals surface area contributed by atoms with E-state index in [1.165, 1.54) is 21.5 Å². The van der Waals surface area contributed by atoms with Crippen molar-refractivity contribution in [2.45, 2.75) is 0 Å². The summed E-state index contributed by atoms with van der Waals surface area (Å²) in [7, 11) is 0. The van der Waals surface area contributed by atoms with Gasteiger partial charge in [-0.1, -0.05) is 30.3 Å². The summed E-state index contributed by atoms with van der Waals surface area (Å²) in [4.78, 5) is 11.3. The summed E-state index contributed by atoms with van der Waals surface area (Å²) in [5, 5.41) is 6.97.